The second-order valence-electron chi connectivity index (χ2n) is 3.33. The Hall–Kier alpha value is -0.340. The number of hydrogen-bond donors (Lipinski definition) is 1. The molecule has 0 aliphatic carbocycles. The van der Waals surface area contributed by atoms with Gasteiger partial charge in [-0.2, -0.15) is 0 Å². The number of nitrogens with two attached hydrogens (primary N) is 1. The molecule has 2 N–H and O–H groups in total. The predicted molar refractivity (Wildman–Crippen MR) is 51.0 cm³/mol. The van der Waals surface area contributed by atoms with Gasteiger partial charge in [0.15, 0.2) is 0 Å². The van der Waals surface area contributed by atoms with Crippen LogP contribution in [0.1, 0.15) is 26.2 Å². The molecule has 0 saturated carbocycles. The van der Waals surface area contributed by atoms with Crippen LogP contribution in [0.15, 0.2) is 11.6 Å². The van der Waals surface area contributed by atoms with E-state index in [1.165, 1.54) is 18.4 Å². The Balaban J connectivity index is 2.39. The number of allylic oxidation sites excluding steroid dienone is 1. The summed E-state index contributed by atoms with van der Waals surface area (Å²) in [5, 5.41) is 0. The van der Waals surface area contributed by atoms with Gasteiger partial charge in [-0.1, -0.05) is 18.6 Å². The third-order valence-electron chi connectivity index (χ3n) is 2.45. The highest BCUT2D eigenvalue weighted by atomic mass is 16.5. The van der Waals surface area contributed by atoms with Gasteiger partial charge < -0.3 is 10.5 Å². The second-order valence-corrected chi connectivity index (χ2v) is 3.33. The standard InChI is InChI=1S/C10H19NO/c1-2-9(8-11)7-10-3-5-12-6-4-10/h7,10H,2-6,8,11H2,1H3. The van der Waals surface area contributed by atoms with Crippen LogP contribution in [0.3, 0.4) is 0 Å². The third-order valence-corrected chi connectivity index (χ3v) is 2.45. The Morgan fingerprint density at radius 3 is 2.67 bits per heavy atom. The molecule has 1 aliphatic heterocycles. The summed E-state index contributed by atoms with van der Waals surface area (Å²) in [7, 11) is 0. The van der Waals surface area contributed by atoms with Gasteiger partial charge >= 0.3 is 0 Å². The molecule has 0 aromatic heterocycles. The van der Waals surface area contributed by atoms with Crippen molar-refractivity contribution in [1.29, 1.82) is 0 Å². The summed E-state index contributed by atoms with van der Waals surface area (Å²) in [6.07, 6.45) is 5.78. The second kappa shape index (κ2) is 5.33. The van der Waals surface area contributed by atoms with Gasteiger partial charge in [-0.3, -0.25) is 0 Å². The molecule has 1 rings (SSSR count). The Bertz CT molecular complexity index is 142. The lowest BCUT2D eigenvalue weighted by atomic mass is 9.96. The van der Waals surface area contributed by atoms with Crippen molar-refractivity contribution in [2.75, 3.05) is 19.8 Å². The molecule has 0 bridgehead atoms. The average molecular weight is 169 g/mol. The van der Waals surface area contributed by atoms with Crippen molar-refractivity contribution in [3.8, 4) is 0 Å². The zero-order valence-electron chi connectivity index (χ0n) is 7.88. The van der Waals surface area contributed by atoms with Gasteiger partial charge in [-0.15, -0.1) is 0 Å². The van der Waals surface area contributed by atoms with Crippen molar-refractivity contribution >= 4 is 0 Å². The highest BCUT2D eigenvalue weighted by Gasteiger charge is 2.11. The van der Waals surface area contributed by atoms with Crippen molar-refractivity contribution in [1.82, 2.24) is 0 Å². The fourth-order valence-corrected chi connectivity index (χ4v) is 1.55. The Labute approximate surface area is 74.8 Å². The zero-order chi connectivity index (χ0) is 8.81. The molecule has 0 radical (unpaired) electrons. The Kier molecular flexibility index (Phi) is 4.33. The summed E-state index contributed by atoms with van der Waals surface area (Å²) >= 11 is 0. The smallest absolute Gasteiger partial charge is 0.0471 e. The van der Waals surface area contributed by atoms with Crippen LogP contribution in [0, 0.1) is 5.92 Å². The lowest BCUT2D eigenvalue weighted by Crippen LogP contribution is -2.15. The molecule has 0 aromatic rings. The Morgan fingerprint density at radius 1 is 1.50 bits per heavy atom. The van der Waals surface area contributed by atoms with E-state index in [9.17, 15) is 0 Å². The number of hydrogen-bond acceptors (Lipinski definition) is 2. The van der Waals surface area contributed by atoms with Gasteiger partial charge in [0, 0.05) is 19.8 Å². The molecule has 1 aliphatic rings. The maximum atomic E-state index is 5.60. The quantitative estimate of drug-likeness (QED) is 0.653. The van der Waals surface area contributed by atoms with Gasteiger partial charge in [0.2, 0.25) is 0 Å². The third kappa shape index (κ3) is 2.95. The largest absolute Gasteiger partial charge is 0.381 e. The first-order valence-corrected chi connectivity index (χ1v) is 4.84. The van der Waals surface area contributed by atoms with E-state index in [4.69, 9.17) is 10.5 Å². The van der Waals surface area contributed by atoms with Gasteiger partial charge in [0.05, 0.1) is 0 Å². The van der Waals surface area contributed by atoms with Crippen LogP contribution in [0.25, 0.3) is 0 Å². The van der Waals surface area contributed by atoms with Gasteiger partial charge in [-0.25, -0.2) is 0 Å². The van der Waals surface area contributed by atoms with E-state index >= 15 is 0 Å². The maximum Gasteiger partial charge on any atom is 0.0471 e. The molecule has 12 heavy (non-hydrogen) atoms. The number of rotatable bonds is 3. The van der Waals surface area contributed by atoms with Crippen LogP contribution in [0.5, 0.6) is 0 Å². The van der Waals surface area contributed by atoms with E-state index in [1.807, 2.05) is 0 Å². The maximum absolute atomic E-state index is 5.60. The molecule has 0 spiro atoms. The first kappa shape index (κ1) is 9.75. The van der Waals surface area contributed by atoms with E-state index in [0.29, 0.717) is 6.54 Å². The SMILES string of the molecule is CCC(=CC1CCOCC1)CN. The topological polar surface area (TPSA) is 35.2 Å². The van der Waals surface area contributed by atoms with Crippen LogP contribution in [-0.2, 0) is 4.74 Å². The van der Waals surface area contributed by atoms with Crippen molar-refractivity contribution in [2.24, 2.45) is 11.7 Å². The highest BCUT2D eigenvalue weighted by Crippen LogP contribution is 2.18. The van der Waals surface area contributed by atoms with E-state index in [1.54, 1.807) is 0 Å². The van der Waals surface area contributed by atoms with Crippen molar-refractivity contribution in [3.63, 3.8) is 0 Å². The minimum absolute atomic E-state index is 0.716. The van der Waals surface area contributed by atoms with Crippen molar-refractivity contribution in [2.45, 2.75) is 26.2 Å². The molecule has 1 fully saturated rings. The van der Waals surface area contributed by atoms with Crippen LogP contribution >= 0.6 is 0 Å². The van der Waals surface area contributed by atoms with E-state index in [0.717, 1.165) is 25.6 Å². The van der Waals surface area contributed by atoms with E-state index in [-0.39, 0.29) is 0 Å². The molecule has 0 unspecified atom stereocenters. The predicted octanol–water partition coefficient (Wildman–Crippen LogP) is 1.71. The monoisotopic (exact) mass is 169 g/mol. The normalized spacial score (nSPS) is 21.3. The number of ether oxygens (including phenoxy) is 1. The molecular weight excluding hydrogens is 150 g/mol. The molecule has 0 aromatic carbocycles. The summed E-state index contributed by atoms with van der Waals surface area (Å²) in [5.41, 5.74) is 6.99. The highest BCUT2D eigenvalue weighted by molar-refractivity contribution is 5.05. The van der Waals surface area contributed by atoms with Gasteiger partial charge in [0.25, 0.3) is 0 Å². The molecule has 2 heteroatoms. The molecular formula is C10H19NO. The van der Waals surface area contributed by atoms with Crippen LogP contribution in [0.2, 0.25) is 0 Å². The molecule has 70 valence electrons. The molecule has 0 atom stereocenters. The average Bonchev–Trinajstić information content (AvgIpc) is 2.16. The summed E-state index contributed by atoms with van der Waals surface area (Å²) in [6, 6.07) is 0. The first-order chi connectivity index (χ1) is 5.86. The van der Waals surface area contributed by atoms with Gasteiger partial charge in [-0.05, 0) is 25.2 Å². The lowest BCUT2D eigenvalue weighted by Gasteiger charge is -2.19. The summed E-state index contributed by atoms with van der Waals surface area (Å²) in [5.74, 6) is 0.720. The Morgan fingerprint density at radius 2 is 2.17 bits per heavy atom. The fourth-order valence-electron chi connectivity index (χ4n) is 1.55. The first-order valence-electron chi connectivity index (χ1n) is 4.84. The summed E-state index contributed by atoms with van der Waals surface area (Å²) in [4.78, 5) is 0. The minimum atomic E-state index is 0.716. The van der Waals surface area contributed by atoms with Crippen molar-refractivity contribution in [3.05, 3.63) is 11.6 Å². The zero-order valence-corrected chi connectivity index (χ0v) is 7.88. The van der Waals surface area contributed by atoms with E-state index < -0.39 is 0 Å². The summed E-state index contributed by atoms with van der Waals surface area (Å²) < 4.78 is 5.29. The minimum Gasteiger partial charge on any atom is -0.381 e. The van der Waals surface area contributed by atoms with Crippen LogP contribution in [-0.4, -0.2) is 19.8 Å². The molecule has 1 saturated heterocycles. The van der Waals surface area contributed by atoms with Crippen molar-refractivity contribution < 1.29 is 4.74 Å². The van der Waals surface area contributed by atoms with Gasteiger partial charge in [0.1, 0.15) is 0 Å². The molecule has 0 amide bonds. The molecule has 1 heterocycles. The summed E-state index contributed by atoms with van der Waals surface area (Å²) in [6.45, 7) is 4.72. The van der Waals surface area contributed by atoms with Crippen LogP contribution in [0.4, 0.5) is 0 Å². The van der Waals surface area contributed by atoms with Crippen LogP contribution < -0.4 is 5.73 Å². The fraction of sp³-hybridized carbons (Fsp3) is 0.800. The lowest BCUT2D eigenvalue weighted by molar-refractivity contribution is 0.0783. The van der Waals surface area contributed by atoms with E-state index in [2.05, 4.69) is 13.0 Å². The molecule has 2 nitrogen and oxygen atoms in total.